The molecule has 20 heavy (non-hydrogen) atoms. The first-order valence-electron chi connectivity index (χ1n) is 6.76. The largest absolute Gasteiger partial charge is 0.480 e. The second-order valence-corrected chi connectivity index (χ2v) is 4.86. The van der Waals surface area contributed by atoms with Crippen molar-refractivity contribution in [2.75, 3.05) is 0 Å². The summed E-state index contributed by atoms with van der Waals surface area (Å²) in [6, 6.07) is -1.91. The Morgan fingerprint density at radius 3 is 1.95 bits per heavy atom. The average Bonchev–Trinajstić information content (AvgIpc) is 2.42. The highest BCUT2D eigenvalue weighted by Crippen LogP contribution is 2.09. The van der Waals surface area contributed by atoms with Crippen molar-refractivity contribution >= 4 is 17.8 Å². The van der Waals surface area contributed by atoms with Gasteiger partial charge in [0.05, 0.1) is 0 Å². The molecule has 7 heteroatoms. The summed E-state index contributed by atoms with van der Waals surface area (Å²) in [6.45, 7) is 6.62. The molecule has 4 N–H and O–H groups in total. The van der Waals surface area contributed by atoms with Crippen LogP contribution in [0.1, 0.15) is 40.5 Å². The summed E-state index contributed by atoms with van der Waals surface area (Å²) in [5.74, 6) is -2.52. The summed E-state index contributed by atoms with van der Waals surface area (Å²) < 4.78 is 0. The third-order valence-corrected chi connectivity index (χ3v) is 3.21. The van der Waals surface area contributed by atoms with Crippen molar-refractivity contribution in [3.05, 3.63) is 0 Å². The van der Waals surface area contributed by atoms with Crippen LogP contribution in [0.4, 0.5) is 0 Å². The lowest BCUT2D eigenvalue weighted by molar-refractivity contribution is -0.142. The summed E-state index contributed by atoms with van der Waals surface area (Å²) in [7, 11) is 0. The van der Waals surface area contributed by atoms with Gasteiger partial charge in [-0.2, -0.15) is 0 Å². The zero-order valence-electron chi connectivity index (χ0n) is 12.3. The van der Waals surface area contributed by atoms with Gasteiger partial charge in [0.15, 0.2) is 0 Å². The first kappa shape index (κ1) is 18.4. The van der Waals surface area contributed by atoms with Gasteiger partial charge in [0.1, 0.15) is 18.2 Å². The first-order valence-corrected chi connectivity index (χ1v) is 6.76. The van der Waals surface area contributed by atoms with Gasteiger partial charge >= 0.3 is 5.97 Å². The normalized spacial score (nSPS) is 16.6. The number of amides is 2. The van der Waals surface area contributed by atoms with Crippen molar-refractivity contribution in [1.29, 1.82) is 0 Å². The third-order valence-electron chi connectivity index (χ3n) is 3.21. The number of aliphatic carboxylic acids is 1. The minimum absolute atomic E-state index is 0.177. The van der Waals surface area contributed by atoms with Crippen molar-refractivity contribution in [2.45, 2.75) is 58.7 Å². The lowest BCUT2D eigenvalue weighted by atomic mass is 9.97. The van der Waals surface area contributed by atoms with Crippen LogP contribution in [0.15, 0.2) is 0 Å². The minimum Gasteiger partial charge on any atom is -0.480 e. The van der Waals surface area contributed by atoms with Crippen LogP contribution in [-0.4, -0.2) is 46.2 Å². The van der Waals surface area contributed by atoms with E-state index in [-0.39, 0.29) is 12.3 Å². The molecule has 0 aliphatic heterocycles. The van der Waals surface area contributed by atoms with Crippen molar-refractivity contribution in [2.24, 2.45) is 5.92 Å². The fourth-order valence-corrected chi connectivity index (χ4v) is 1.50. The minimum atomic E-state index is -1.17. The molecule has 0 spiro atoms. The number of hydrogen-bond donors (Lipinski definition) is 4. The number of aliphatic hydroxyl groups excluding tert-OH is 1. The van der Waals surface area contributed by atoms with E-state index in [1.807, 2.05) is 6.92 Å². The molecule has 0 saturated carbocycles. The molecule has 0 fully saturated rings. The third kappa shape index (κ3) is 5.56. The second-order valence-electron chi connectivity index (χ2n) is 4.86. The van der Waals surface area contributed by atoms with Crippen LogP contribution in [0.3, 0.4) is 0 Å². The van der Waals surface area contributed by atoms with Crippen LogP contribution in [-0.2, 0) is 14.4 Å². The standard InChI is InChI=1S/C13H24N2O5/c1-5-7(3)10(15-11(17)9(16)6-2)12(18)14-8(4)13(19)20/h7-10,16H,5-6H2,1-4H3,(H,14,18)(H,15,17)(H,19,20)/t7-,8-,9?,10-/m0/s1. The van der Waals surface area contributed by atoms with E-state index in [1.54, 1.807) is 13.8 Å². The Balaban J connectivity index is 4.84. The van der Waals surface area contributed by atoms with Crippen LogP contribution in [0.5, 0.6) is 0 Å². The summed E-state index contributed by atoms with van der Waals surface area (Å²) in [5.41, 5.74) is 0. The van der Waals surface area contributed by atoms with E-state index in [2.05, 4.69) is 10.6 Å². The molecule has 0 bridgehead atoms. The second kappa shape index (κ2) is 8.52. The molecule has 0 aromatic carbocycles. The van der Waals surface area contributed by atoms with Gasteiger partial charge in [-0.1, -0.05) is 27.2 Å². The zero-order chi connectivity index (χ0) is 15.9. The number of rotatable bonds is 8. The molecule has 0 aromatic heterocycles. The van der Waals surface area contributed by atoms with Crippen LogP contribution in [0, 0.1) is 5.92 Å². The summed E-state index contributed by atoms with van der Waals surface area (Å²) in [5, 5.41) is 23.0. The maximum Gasteiger partial charge on any atom is 0.325 e. The van der Waals surface area contributed by atoms with Gasteiger partial charge in [-0.05, 0) is 19.3 Å². The molecule has 0 heterocycles. The molecule has 0 aromatic rings. The summed E-state index contributed by atoms with van der Waals surface area (Å²) in [6.07, 6.45) is -0.305. The number of carboxylic acids is 1. The summed E-state index contributed by atoms with van der Waals surface area (Å²) in [4.78, 5) is 34.4. The van der Waals surface area contributed by atoms with Crippen LogP contribution in [0.2, 0.25) is 0 Å². The average molecular weight is 288 g/mol. The Labute approximate surface area is 118 Å². The van der Waals surface area contributed by atoms with E-state index in [0.717, 1.165) is 0 Å². The lowest BCUT2D eigenvalue weighted by Crippen LogP contribution is -2.55. The topological polar surface area (TPSA) is 116 Å². The smallest absolute Gasteiger partial charge is 0.325 e. The zero-order valence-corrected chi connectivity index (χ0v) is 12.3. The van der Waals surface area contributed by atoms with Crippen molar-refractivity contribution in [3.8, 4) is 0 Å². The molecule has 0 aliphatic rings. The Bertz CT molecular complexity index is 359. The highest BCUT2D eigenvalue weighted by Gasteiger charge is 2.29. The Morgan fingerprint density at radius 1 is 1.00 bits per heavy atom. The number of nitrogens with one attached hydrogen (secondary N) is 2. The van der Waals surface area contributed by atoms with Gasteiger partial charge in [0.25, 0.3) is 0 Å². The van der Waals surface area contributed by atoms with Crippen LogP contribution >= 0.6 is 0 Å². The Morgan fingerprint density at radius 2 is 1.55 bits per heavy atom. The molecule has 0 saturated heterocycles. The van der Waals surface area contributed by atoms with E-state index in [9.17, 15) is 19.5 Å². The van der Waals surface area contributed by atoms with Gasteiger partial charge in [-0.3, -0.25) is 14.4 Å². The molecular weight excluding hydrogens is 264 g/mol. The molecule has 2 amide bonds. The van der Waals surface area contributed by atoms with Crippen molar-refractivity contribution in [3.63, 3.8) is 0 Å². The highest BCUT2D eigenvalue weighted by molar-refractivity contribution is 5.91. The van der Waals surface area contributed by atoms with Crippen LogP contribution in [0.25, 0.3) is 0 Å². The number of aliphatic hydroxyl groups is 1. The van der Waals surface area contributed by atoms with Gasteiger partial charge in [-0.25, -0.2) is 0 Å². The highest BCUT2D eigenvalue weighted by atomic mass is 16.4. The summed E-state index contributed by atoms with van der Waals surface area (Å²) >= 11 is 0. The monoisotopic (exact) mass is 288 g/mol. The number of carboxylic acid groups (broad SMARTS) is 1. The van der Waals surface area contributed by atoms with E-state index >= 15 is 0 Å². The number of carbonyl (C=O) groups is 3. The van der Waals surface area contributed by atoms with E-state index < -0.39 is 36.0 Å². The van der Waals surface area contributed by atoms with Gasteiger partial charge in [0.2, 0.25) is 11.8 Å². The maximum atomic E-state index is 12.0. The lowest BCUT2D eigenvalue weighted by Gasteiger charge is -2.25. The first-order chi connectivity index (χ1) is 9.24. The van der Waals surface area contributed by atoms with Crippen LogP contribution < -0.4 is 10.6 Å². The van der Waals surface area contributed by atoms with Gasteiger partial charge in [0, 0.05) is 0 Å². The Kier molecular flexibility index (Phi) is 7.83. The molecule has 1 unspecified atom stereocenters. The number of carbonyl (C=O) groups excluding carboxylic acids is 2. The van der Waals surface area contributed by atoms with Crippen molar-refractivity contribution in [1.82, 2.24) is 10.6 Å². The van der Waals surface area contributed by atoms with Gasteiger partial charge in [-0.15, -0.1) is 0 Å². The Hall–Kier alpha value is -1.63. The van der Waals surface area contributed by atoms with Crippen molar-refractivity contribution < 1.29 is 24.6 Å². The van der Waals surface area contributed by atoms with E-state index in [0.29, 0.717) is 6.42 Å². The molecule has 0 aliphatic carbocycles. The quantitative estimate of drug-likeness (QED) is 0.497. The predicted molar refractivity (Wildman–Crippen MR) is 72.9 cm³/mol. The molecule has 4 atom stereocenters. The molecule has 116 valence electrons. The van der Waals surface area contributed by atoms with E-state index in [1.165, 1.54) is 6.92 Å². The molecule has 0 rings (SSSR count). The number of hydrogen-bond acceptors (Lipinski definition) is 4. The fourth-order valence-electron chi connectivity index (χ4n) is 1.50. The maximum absolute atomic E-state index is 12.0. The fraction of sp³-hybridized carbons (Fsp3) is 0.769. The SMILES string of the molecule is CCC(O)C(=O)N[C@H](C(=O)N[C@@H](C)C(=O)O)[C@@H](C)CC. The van der Waals surface area contributed by atoms with Gasteiger partial charge < -0.3 is 20.8 Å². The van der Waals surface area contributed by atoms with E-state index in [4.69, 9.17) is 5.11 Å². The predicted octanol–water partition coefficient (Wildman–Crippen LogP) is -0.122. The molecule has 7 nitrogen and oxygen atoms in total. The molecular formula is C13H24N2O5. The molecule has 0 radical (unpaired) electrons.